The smallest absolute Gasteiger partial charge is 0.341 e. The Morgan fingerprint density at radius 1 is 1.10 bits per heavy atom. The fourth-order valence-electron chi connectivity index (χ4n) is 2.98. The van der Waals surface area contributed by atoms with Gasteiger partial charge in [-0.2, -0.15) is 0 Å². The first-order chi connectivity index (χ1) is 14.6. The molecular formula is C22H27N3O5. The van der Waals surface area contributed by atoms with E-state index >= 15 is 0 Å². The van der Waals surface area contributed by atoms with Crippen LogP contribution in [0.25, 0.3) is 0 Å². The molecule has 8 heteroatoms. The van der Waals surface area contributed by atoms with Gasteiger partial charge in [-0.15, -0.1) is 0 Å². The normalized spacial score (nSPS) is 13.2. The summed E-state index contributed by atoms with van der Waals surface area (Å²) in [4.78, 5) is 16.6. The standard InChI is InChI=1S/C22H27N3O5/c1-4-23-22(25-16-7-9-19-20(13-16)30-11-5-10-29-19)24-14-15-6-8-18(27-2)17(12-15)21(26)28-3/h6-9,12-13H,4-5,10-11,14H2,1-3H3,(H2,23,24,25). The summed E-state index contributed by atoms with van der Waals surface area (Å²) in [6.45, 7) is 4.35. The largest absolute Gasteiger partial charge is 0.496 e. The molecule has 0 aliphatic carbocycles. The van der Waals surface area contributed by atoms with Gasteiger partial charge in [-0.05, 0) is 36.8 Å². The zero-order valence-corrected chi connectivity index (χ0v) is 17.5. The summed E-state index contributed by atoms with van der Waals surface area (Å²) < 4.78 is 21.5. The lowest BCUT2D eigenvalue weighted by Crippen LogP contribution is -2.30. The summed E-state index contributed by atoms with van der Waals surface area (Å²) in [5.74, 6) is 2.09. The van der Waals surface area contributed by atoms with Gasteiger partial charge >= 0.3 is 5.97 Å². The number of carbonyl (C=O) groups is 1. The molecule has 0 unspecified atom stereocenters. The predicted octanol–water partition coefficient (Wildman–Crippen LogP) is 3.22. The number of nitrogens with one attached hydrogen (secondary N) is 2. The van der Waals surface area contributed by atoms with Gasteiger partial charge in [-0.25, -0.2) is 9.79 Å². The quantitative estimate of drug-likeness (QED) is 0.427. The number of nitrogens with zero attached hydrogens (tertiary/aromatic N) is 1. The minimum Gasteiger partial charge on any atom is -0.496 e. The third-order valence-corrected chi connectivity index (χ3v) is 4.44. The summed E-state index contributed by atoms with van der Waals surface area (Å²) in [6.07, 6.45) is 0.858. The van der Waals surface area contributed by atoms with Crippen molar-refractivity contribution in [1.82, 2.24) is 5.32 Å². The number of hydrogen-bond donors (Lipinski definition) is 2. The number of fused-ring (bicyclic) bond motifs is 1. The second-order valence-electron chi connectivity index (χ2n) is 6.56. The van der Waals surface area contributed by atoms with Crippen LogP contribution in [0.1, 0.15) is 29.3 Å². The lowest BCUT2D eigenvalue weighted by Gasteiger charge is -2.14. The molecule has 0 bridgehead atoms. The summed E-state index contributed by atoms with van der Waals surface area (Å²) in [7, 11) is 2.86. The Hall–Kier alpha value is -3.42. The fraction of sp³-hybridized carbons (Fsp3) is 0.364. The van der Waals surface area contributed by atoms with Crippen LogP contribution in [0.2, 0.25) is 0 Å². The number of rotatable bonds is 6. The van der Waals surface area contributed by atoms with E-state index < -0.39 is 5.97 Å². The molecular weight excluding hydrogens is 386 g/mol. The van der Waals surface area contributed by atoms with Crippen molar-refractivity contribution >= 4 is 17.6 Å². The van der Waals surface area contributed by atoms with Gasteiger partial charge in [0.1, 0.15) is 11.3 Å². The molecule has 8 nitrogen and oxygen atoms in total. The van der Waals surface area contributed by atoms with Crippen LogP contribution in [-0.2, 0) is 11.3 Å². The molecule has 2 aromatic carbocycles. The lowest BCUT2D eigenvalue weighted by molar-refractivity contribution is 0.0597. The Balaban J connectivity index is 1.76. The van der Waals surface area contributed by atoms with E-state index in [9.17, 15) is 4.79 Å². The van der Waals surface area contributed by atoms with Crippen molar-refractivity contribution in [3.05, 3.63) is 47.5 Å². The molecule has 0 saturated carbocycles. The van der Waals surface area contributed by atoms with Crippen LogP contribution in [0.4, 0.5) is 5.69 Å². The number of carbonyl (C=O) groups excluding carboxylic acids is 1. The zero-order chi connectivity index (χ0) is 21.3. The van der Waals surface area contributed by atoms with Crippen molar-refractivity contribution in [2.24, 2.45) is 4.99 Å². The monoisotopic (exact) mass is 413 g/mol. The number of ether oxygens (including phenoxy) is 4. The van der Waals surface area contributed by atoms with E-state index in [0.29, 0.717) is 49.3 Å². The Kier molecular flexibility index (Phi) is 7.37. The highest BCUT2D eigenvalue weighted by Crippen LogP contribution is 2.32. The number of hydrogen-bond acceptors (Lipinski definition) is 6. The molecule has 1 aliphatic heterocycles. The number of guanidine groups is 1. The third-order valence-electron chi connectivity index (χ3n) is 4.44. The number of esters is 1. The van der Waals surface area contributed by atoms with Crippen molar-refractivity contribution in [1.29, 1.82) is 0 Å². The Labute approximate surface area is 176 Å². The number of benzene rings is 2. The van der Waals surface area contributed by atoms with Gasteiger partial charge in [-0.1, -0.05) is 6.07 Å². The van der Waals surface area contributed by atoms with E-state index in [1.165, 1.54) is 14.2 Å². The molecule has 1 aliphatic rings. The average molecular weight is 413 g/mol. The molecule has 0 fully saturated rings. The van der Waals surface area contributed by atoms with Crippen molar-refractivity contribution in [3.63, 3.8) is 0 Å². The topological polar surface area (TPSA) is 90.4 Å². The molecule has 0 atom stereocenters. The highest BCUT2D eigenvalue weighted by molar-refractivity contribution is 5.94. The second kappa shape index (κ2) is 10.4. The van der Waals surface area contributed by atoms with Crippen LogP contribution in [0.3, 0.4) is 0 Å². The summed E-state index contributed by atoms with van der Waals surface area (Å²) in [5.41, 5.74) is 2.06. The van der Waals surface area contributed by atoms with Crippen LogP contribution < -0.4 is 24.8 Å². The zero-order valence-electron chi connectivity index (χ0n) is 17.5. The molecule has 160 valence electrons. The predicted molar refractivity (Wildman–Crippen MR) is 115 cm³/mol. The van der Waals surface area contributed by atoms with Gasteiger partial charge in [-0.3, -0.25) is 0 Å². The molecule has 1 heterocycles. The molecule has 0 saturated heterocycles. The molecule has 2 aromatic rings. The lowest BCUT2D eigenvalue weighted by atomic mass is 10.1. The average Bonchev–Trinajstić information content (AvgIpc) is 3.02. The van der Waals surface area contributed by atoms with E-state index in [4.69, 9.17) is 18.9 Å². The molecule has 30 heavy (non-hydrogen) atoms. The Morgan fingerprint density at radius 3 is 2.63 bits per heavy atom. The van der Waals surface area contributed by atoms with E-state index in [0.717, 1.165) is 23.4 Å². The van der Waals surface area contributed by atoms with E-state index in [1.807, 2.05) is 31.2 Å². The van der Waals surface area contributed by atoms with Crippen LogP contribution in [-0.4, -0.2) is 45.9 Å². The fourth-order valence-corrected chi connectivity index (χ4v) is 2.98. The molecule has 0 radical (unpaired) electrons. The minimum absolute atomic E-state index is 0.369. The number of methoxy groups -OCH3 is 2. The highest BCUT2D eigenvalue weighted by atomic mass is 16.5. The van der Waals surface area contributed by atoms with Crippen molar-refractivity contribution in [3.8, 4) is 17.2 Å². The van der Waals surface area contributed by atoms with E-state index in [1.54, 1.807) is 12.1 Å². The Morgan fingerprint density at radius 2 is 1.90 bits per heavy atom. The molecule has 0 aromatic heterocycles. The maximum atomic E-state index is 12.0. The van der Waals surface area contributed by atoms with Crippen LogP contribution in [0.5, 0.6) is 17.2 Å². The van der Waals surface area contributed by atoms with Gasteiger partial charge in [0.2, 0.25) is 0 Å². The molecule has 3 rings (SSSR count). The molecule has 2 N–H and O–H groups in total. The van der Waals surface area contributed by atoms with Crippen LogP contribution in [0, 0.1) is 0 Å². The van der Waals surface area contributed by atoms with Crippen molar-refractivity contribution in [2.45, 2.75) is 19.9 Å². The summed E-state index contributed by atoms with van der Waals surface area (Å²) in [5, 5.41) is 6.49. The second-order valence-corrected chi connectivity index (χ2v) is 6.56. The maximum absolute atomic E-state index is 12.0. The van der Waals surface area contributed by atoms with E-state index in [2.05, 4.69) is 15.6 Å². The Bertz CT molecular complexity index is 914. The maximum Gasteiger partial charge on any atom is 0.341 e. The van der Waals surface area contributed by atoms with Crippen LogP contribution >= 0.6 is 0 Å². The summed E-state index contributed by atoms with van der Waals surface area (Å²) in [6, 6.07) is 11.0. The van der Waals surface area contributed by atoms with Gasteiger partial charge < -0.3 is 29.6 Å². The highest BCUT2D eigenvalue weighted by Gasteiger charge is 2.14. The van der Waals surface area contributed by atoms with Crippen molar-refractivity contribution in [2.75, 3.05) is 39.3 Å². The van der Waals surface area contributed by atoms with Gasteiger partial charge in [0, 0.05) is 24.7 Å². The molecule has 0 spiro atoms. The summed E-state index contributed by atoms with van der Waals surface area (Å²) >= 11 is 0. The number of aliphatic imine (C=N–C) groups is 1. The first kappa shape index (κ1) is 21.3. The van der Waals surface area contributed by atoms with Crippen molar-refractivity contribution < 1.29 is 23.7 Å². The molecule has 0 amide bonds. The SMILES string of the molecule is CCNC(=NCc1ccc(OC)c(C(=O)OC)c1)Nc1ccc2c(c1)OCCCO2. The first-order valence-electron chi connectivity index (χ1n) is 9.84. The third kappa shape index (κ3) is 5.34. The van der Waals surface area contributed by atoms with Gasteiger partial charge in [0.25, 0.3) is 0 Å². The minimum atomic E-state index is -0.449. The first-order valence-corrected chi connectivity index (χ1v) is 9.84. The van der Waals surface area contributed by atoms with Crippen LogP contribution in [0.15, 0.2) is 41.4 Å². The van der Waals surface area contributed by atoms with Gasteiger partial charge in [0.05, 0.1) is 34.0 Å². The number of anilines is 1. The van der Waals surface area contributed by atoms with E-state index in [-0.39, 0.29) is 0 Å². The van der Waals surface area contributed by atoms with Gasteiger partial charge in [0.15, 0.2) is 17.5 Å².